The van der Waals surface area contributed by atoms with E-state index in [2.05, 4.69) is 39.5 Å². The second-order valence-corrected chi connectivity index (χ2v) is 8.41. The average molecular weight is 321 g/mol. The lowest BCUT2D eigenvalue weighted by Crippen LogP contribution is -2.03. The van der Waals surface area contributed by atoms with Crippen molar-refractivity contribution in [3.63, 3.8) is 0 Å². The Hall–Kier alpha value is -0.440. The van der Waals surface area contributed by atoms with Gasteiger partial charge in [-0.05, 0) is 24.7 Å². The fraction of sp³-hybridized carbons (Fsp3) is 0.913. The molecular formula is C23H44. The fourth-order valence-corrected chi connectivity index (χ4v) is 2.92. The smallest absolute Gasteiger partial charge is 0.00886 e. The second kappa shape index (κ2) is 16.4. The quantitative estimate of drug-likeness (QED) is 0.223. The van der Waals surface area contributed by atoms with E-state index in [-0.39, 0.29) is 0 Å². The summed E-state index contributed by atoms with van der Waals surface area (Å²) in [6, 6.07) is 0. The first kappa shape index (κ1) is 22.6. The summed E-state index contributed by atoms with van der Waals surface area (Å²) in [5.41, 5.74) is 0.515. The van der Waals surface area contributed by atoms with Gasteiger partial charge in [0.15, 0.2) is 0 Å². The summed E-state index contributed by atoms with van der Waals surface area (Å²) < 4.78 is 0. The lowest BCUT2D eigenvalue weighted by Gasteiger charge is -2.17. The van der Waals surface area contributed by atoms with Crippen molar-refractivity contribution in [3.05, 3.63) is 0 Å². The van der Waals surface area contributed by atoms with E-state index in [1.54, 1.807) is 0 Å². The minimum atomic E-state index is 0.515. The molecule has 0 aliphatic heterocycles. The van der Waals surface area contributed by atoms with Gasteiger partial charge in [0.05, 0.1) is 0 Å². The van der Waals surface area contributed by atoms with Gasteiger partial charge >= 0.3 is 0 Å². The molecule has 0 aliphatic rings. The van der Waals surface area contributed by atoms with Crippen molar-refractivity contribution in [2.45, 2.75) is 130 Å². The van der Waals surface area contributed by atoms with E-state index in [0.717, 1.165) is 12.8 Å². The highest BCUT2D eigenvalue weighted by molar-refractivity contribution is 4.98. The van der Waals surface area contributed by atoms with Crippen molar-refractivity contribution >= 4 is 0 Å². The van der Waals surface area contributed by atoms with Gasteiger partial charge in [0.2, 0.25) is 0 Å². The molecule has 0 saturated heterocycles. The Morgan fingerprint density at radius 2 is 0.913 bits per heavy atom. The molecule has 0 bridgehead atoms. The van der Waals surface area contributed by atoms with Gasteiger partial charge < -0.3 is 0 Å². The van der Waals surface area contributed by atoms with Gasteiger partial charge in [0.1, 0.15) is 0 Å². The molecule has 0 amide bonds. The molecule has 0 atom stereocenters. The molecule has 0 rings (SSSR count). The first-order valence-corrected chi connectivity index (χ1v) is 10.5. The largest absolute Gasteiger partial charge is 0.103 e. The average Bonchev–Trinajstić information content (AvgIpc) is 2.49. The molecule has 0 N–H and O–H groups in total. The van der Waals surface area contributed by atoms with Crippen LogP contribution in [0.3, 0.4) is 0 Å². The summed E-state index contributed by atoms with van der Waals surface area (Å²) >= 11 is 0. The Morgan fingerprint density at radius 3 is 1.35 bits per heavy atom. The molecule has 0 aliphatic carbocycles. The monoisotopic (exact) mass is 320 g/mol. The summed E-state index contributed by atoms with van der Waals surface area (Å²) in [4.78, 5) is 0. The van der Waals surface area contributed by atoms with Crippen molar-refractivity contribution in [3.8, 4) is 11.8 Å². The predicted octanol–water partition coefficient (Wildman–Crippen LogP) is 8.30. The maximum absolute atomic E-state index is 3.37. The van der Waals surface area contributed by atoms with Gasteiger partial charge in [-0.1, -0.05) is 98.3 Å². The van der Waals surface area contributed by atoms with Crippen LogP contribution in [-0.2, 0) is 0 Å². The second-order valence-electron chi connectivity index (χ2n) is 8.41. The summed E-state index contributed by atoms with van der Waals surface area (Å²) in [7, 11) is 0. The molecule has 0 heterocycles. The highest BCUT2D eigenvalue weighted by atomic mass is 14.1. The zero-order valence-electron chi connectivity index (χ0n) is 16.8. The maximum atomic E-state index is 3.37. The Bertz CT molecular complexity index is 283. The minimum Gasteiger partial charge on any atom is -0.103 e. The van der Waals surface area contributed by atoms with E-state index in [1.807, 2.05) is 0 Å². The third-order valence-electron chi connectivity index (χ3n) is 4.51. The van der Waals surface area contributed by atoms with Crippen LogP contribution in [0.15, 0.2) is 0 Å². The molecule has 0 saturated carbocycles. The number of unbranched alkanes of at least 4 members (excludes halogenated alkanes) is 13. The molecule has 0 nitrogen and oxygen atoms in total. The van der Waals surface area contributed by atoms with Gasteiger partial charge in [-0.25, -0.2) is 0 Å². The van der Waals surface area contributed by atoms with E-state index in [9.17, 15) is 0 Å². The third-order valence-corrected chi connectivity index (χ3v) is 4.51. The standard InChI is InChI=1S/C23H44/c1-5-6-7-8-9-10-11-12-13-14-15-16-17-18-19-20-21-22-23(2,3)4/h5-13,16-22H2,1-4H3. The molecule has 23 heavy (non-hydrogen) atoms. The number of hydrogen-bond donors (Lipinski definition) is 0. The predicted molar refractivity (Wildman–Crippen MR) is 107 cm³/mol. The van der Waals surface area contributed by atoms with Crippen molar-refractivity contribution < 1.29 is 0 Å². The Balaban J connectivity index is 3.16. The van der Waals surface area contributed by atoms with E-state index >= 15 is 0 Å². The van der Waals surface area contributed by atoms with Gasteiger partial charge in [0.25, 0.3) is 0 Å². The molecule has 0 unspecified atom stereocenters. The fourth-order valence-electron chi connectivity index (χ4n) is 2.92. The van der Waals surface area contributed by atoms with Crippen LogP contribution in [0.2, 0.25) is 0 Å². The lowest BCUT2D eigenvalue weighted by atomic mass is 9.89. The van der Waals surface area contributed by atoms with E-state index in [0.29, 0.717) is 5.41 Å². The van der Waals surface area contributed by atoms with Gasteiger partial charge in [-0.15, -0.1) is 11.8 Å². The van der Waals surface area contributed by atoms with Gasteiger partial charge in [-0.2, -0.15) is 0 Å². The topological polar surface area (TPSA) is 0 Å². The Morgan fingerprint density at radius 1 is 0.522 bits per heavy atom. The first-order valence-electron chi connectivity index (χ1n) is 10.5. The molecule has 0 heteroatoms. The highest BCUT2D eigenvalue weighted by Crippen LogP contribution is 2.22. The summed E-state index contributed by atoms with van der Waals surface area (Å²) in [5.74, 6) is 6.74. The minimum absolute atomic E-state index is 0.515. The number of hydrogen-bond acceptors (Lipinski definition) is 0. The van der Waals surface area contributed by atoms with Crippen LogP contribution in [0, 0.1) is 17.3 Å². The van der Waals surface area contributed by atoms with E-state index in [1.165, 1.54) is 89.9 Å². The third kappa shape index (κ3) is 21.6. The van der Waals surface area contributed by atoms with Crippen LogP contribution in [0.1, 0.15) is 130 Å². The van der Waals surface area contributed by atoms with Crippen LogP contribution in [0.25, 0.3) is 0 Å². The van der Waals surface area contributed by atoms with Crippen molar-refractivity contribution in [1.29, 1.82) is 0 Å². The van der Waals surface area contributed by atoms with Gasteiger partial charge in [0, 0.05) is 12.8 Å². The van der Waals surface area contributed by atoms with Crippen LogP contribution >= 0.6 is 0 Å². The van der Waals surface area contributed by atoms with Crippen molar-refractivity contribution in [1.82, 2.24) is 0 Å². The molecule has 0 aromatic carbocycles. The van der Waals surface area contributed by atoms with Crippen molar-refractivity contribution in [2.24, 2.45) is 5.41 Å². The number of rotatable bonds is 14. The van der Waals surface area contributed by atoms with Crippen LogP contribution in [0.4, 0.5) is 0 Å². The van der Waals surface area contributed by atoms with Crippen LogP contribution < -0.4 is 0 Å². The lowest BCUT2D eigenvalue weighted by molar-refractivity contribution is 0.357. The normalized spacial score (nSPS) is 11.3. The molecule has 0 spiro atoms. The molecule has 0 aromatic rings. The molecular weight excluding hydrogens is 276 g/mol. The van der Waals surface area contributed by atoms with Crippen LogP contribution in [0.5, 0.6) is 0 Å². The maximum Gasteiger partial charge on any atom is 0.00886 e. The zero-order chi connectivity index (χ0) is 17.2. The SMILES string of the molecule is CCCCCCCCCCC#CCCCCCCCC(C)(C)C. The molecule has 0 fully saturated rings. The van der Waals surface area contributed by atoms with E-state index in [4.69, 9.17) is 0 Å². The Kier molecular flexibility index (Phi) is 16.1. The summed E-state index contributed by atoms with van der Waals surface area (Å²) in [6.45, 7) is 9.31. The summed E-state index contributed by atoms with van der Waals surface area (Å²) in [5, 5.41) is 0. The first-order chi connectivity index (χ1) is 11.1. The van der Waals surface area contributed by atoms with Crippen LogP contribution in [-0.4, -0.2) is 0 Å². The molecule has 0 aromatic heterocycles. The highest BCUT2D eigenvalue weighted by Gasteiger charge is 2.08. The Labute approximate surface area is 148 Å². The molecule has 136 valence electrons. The van der Waals surface area contributed by atoms with Gasteiger partial charge in [-0.3, -0.25) is 0 Å². The summed E-state index contributed by atoms with van der Waals surface area (Å²) in [6.07, 6.45) is 21.7. The molecule has 0 radical (unpaired) electrons. The van der Waals surface area contributed by atoms with E-state index < -0.39 is 0 Å². The van der Waals surface area contributed by atoms with Crippen molar-refractivity contribution in [2.75, 3.05) is 0 Å². The zero-order valence-corrected chi connectivity index (χ0v) is 16.8.